The molecule has 3 rings (SSSR count). The van der Waals surface area contributed by atoms with Gasteiger partial charge in [-0.1, -0.05) is 0 Å². The monoisotopic (exact) mass is 228 g/mol. The molecule has 1 fully saturated rings. The zero-order valence-corrected chi connectivity index (χ0v) is 9.24. The lowest BCUT2D eigenvalue weighted by Crippen LogP contribution is -2.01. The molecule has 86 valence electrons. The Hall–Kier alpha value is -1.88. The number of aliphatic hydroxyl groups excluding tert-OH is 1. The zero-order valence-electron chi connectivity index (χ0n) is 9.24. The molecule has 1 N–H and O–H groups in total. The van der Waals surface area contributed by atoms with E-state index in [1.165, 1.54) is 6.33 Å². The van der Waals surface area contributed by atoms with Crippen molar-refractivity contribution in [3.8, 4) is 11.5 Å². The fourth-order valence-electron chi connectivity index (χ4n) is 1.80. The van der Waals surface area contributed by atoms with E-state index in [1.54, 1.807) is 18.5 Å². The largest absolute Gasteiger partial charge is 0.392 e. The average Bonchev–Trinajstić information content (AvgIpc) is 3.23. The quantitative estimate of drug-likeness (QED) is 0.857. The first kappa shape index (κ1) is 10.3. The number of rotatable bonds is 3. The van der Waals surface area contributed by atoms with E-state index in [0.29, 0.717) is 17.4 Å². The van der Waals surface area contributed by atoms with Gasteiger partial charge >= 0.3 is 0 Å². The molecule has 2 aromatic rings. The van der Waals surface area contributed by atoms with Gasteiger partial charge in [0.1, 0.15) is 12.0 Å². The number of aliphatic hydroxyl groups is 1. The van der Waals surface area contributed by atoms with E-state index in [1.807, 2.05) is 0 Å². The van der Waals surface area contributed by atoms with Crippen molar-refractivity contribution in [1.29, 1.82) is 0 Å². The van der Waals surface area contributed by atoms with Crippen molar-refractivity contribution in [2.75, 3.05) is 0 Å². The van der Waals surface area contributed by atoms with Gasteiger partial charge in [-0.05, 0) is 18.9 Å². The molecule has 0 saturated heterocycles. The van der Waals surface area contributed by atoms with Gasteiger partial charge in [-0.3, -0.25) is 0 Å². The van der Waals surface area contributed by atoms with Gasteiger partial charge in [0.15, 0.2) is 5.82 Å². The molecule has 1 aliphatic rings. The number of hydrogen-bond donors (Lipinski definition) is 1. The molecule has 0 aromatic carbocycles. The summed E-state index contributed by atoms with van der Waals surface area (Å²) >= 11 is 0. The molecule has 0 radical (unpaired) electrons. The molecule has 0 amide bonds. The Kier molecular flexibility index (Phi) is 2.53. The summed E-state index contributed by atoms with van der Waals surface area (Å²) < 4.78 is 0. The molecule has 0 aliphatic heterocycles. The maximum absolute atomic E-state index is 9.25. The van der Waals surface area contributed by atoms with Crippen molar-refractivity contribution in [2.45, 2.75) is 25.4 Å². The van der Waals surface area contributed by atoms with Crippen LogP contribution < -0.4 is 0 Å². The molecule has 0 unspecified atom stereocenters. The number of aromatic nitrogens is 4. The minimum absolute atomic E-state index is 0.00408. The predicted octanol–water partition coefficient (Wildman–Crippen LogP) is 1.30. The zero-order chi connectivity index (χ0) is 11.7. The lowest BCUT2D eigenvalue weighted by atomic mass is 10.1. The van der Waals surface area contributed by atoms with Gasteiger partial charge in [-0.2, -0.15) is 0 Å². The first-order chi connectivity index (χ1) is 8.38. The van der Waals surface area contributed by atoms with Gasteiger partial charge in [-0.15, -0.1) is 0 Å². The van der Waals surface area contributed by atoms with Gasteiger partial charge in [0.05, 0.1) is 12.3 Å². The third kappa shape index (κ3) is 2.01. The maximum atomic E-state index is 9.25. The third-order valence-corrected chi connectivity index (χ3v) is 2.84. The van der Waals surface area contributed by atoms with Crippen LogP contribution in [0.1, 0.15) is 30.0 Å². The van der Waals surface area contributed by atoms with Crippen LogP contribution in [-0.2, 0) is 6.61 Å². The summed E-state index contributed by atoms with van der Waals surface area (Å²) in [6.45, 7) is -0.00408. The van der Waals surface area contributed by atoms with Crippen LogP contribution in [0.25, 0.3) is 11.5 Å². The Morgan fingerprint density at radius 1 is 1.29 bits per heavy atom. The summed E-state index contributed by atoms with van der Waals surface area (Å²) in [4.78, 5) is 16.7. The Labute approximate surface area is 98.6 Å². The van der Waals surface area contributed by atoms with Crippen molar-refractivity contribution in [3.05, 3.63) is 36.0 Å². The van der Waals surface area contributed by atoms with E-state index in [2.05, 4.69) is 19.9 Å². The average molecular weight is 228 g/mol. The van der Waals surface area contributed by atoms with E-state index >= 15 is 0 Å². The normalized spacial score (nSPS) is 14.9. The smallest absolute Gasteiger partial charge is 0.178 e. The fraction of sp³-hybridized carbons (Fsp3) is 0.333. The van der Waals surface area contributed by atoms with Gasteiger partial charge in [0, 0.05) is 23.9 Å². The van der Waals surface area contributed by atoms with E-state index in [4.69, 9.17) is 0 Å². The summed E-state index contributed by atoms with van der Waals surface area (Å²) in [5.41, 5.74) is 2.51. The van der Waals surface area contributed by atoms with Gasteiger partial charge in [0.2, 0.25) is 0 Å². The van der Waals surface area contributed by atoms with Crippen molar-refractivity contribution in [3.63, 3.8) is 0 Å². The Morgan fingerprint density at radius 3 is 2.82 bits per heavy atom. The highest BCUT2D eigenvalue weighted by molar-refractivity contribution is 5.48. The first-order valence-corrected chi connectivity index (χ1v) is 5.61. The van der Waals surface area contributed by atoms with Gasteiger partial charge in [-0.25, -0.2) is 19.9 Å². The Bertz CT molecular complexity index is 525. The molecule has 17 heavy (non-hydrogen) atoms. The summed E-state index contributed by atoms with van der Waals surface area (Å²) in [5.74, 6) is 1.09. The maximum Gasteiger partial charge on any atom is 0.178 e. The van der Waals surface area contributed by atoms with E-state index < -0.39 is 0 Å². The number of hydrogen-bond acceptors (Lipinski definition) is 5. The SMILES string of the molecule is OCc1cnc(-c2ccncn2)nc1C1CC1. The van der Waals surface area contributed by atoms with Crippen LogP contribution >= 0.6 is 0 Å². The molecule has 2 aromatic heterocycles. The van der Waals surface area contributed by atoms with E-state index in [-0.39, 0.29) is 6.61 Å². The minimum Gasteiger partial charge on any atom is -0.392 e. The molecule has 0 atom stereocenters. The van der Waals surface area contributed by atoms with Crippen molar-refractivity contribution < 1.29 is 5.11 Å². The van der Waals surface area contributed by atoms with Crippen LogP contribution in [0.3, 0.4) is 0 Å². The van der Waals surface area contributed by atoms with Gasteiger partial charge in [0.25, 0.3) is 0 Å². The first-order valence-electron chi connectivity index (χ1n) is 5.61. The summed E-state index contributed by atoms with van der Waals surface area (Å²) in [6.07, 6.45) is 7.14. The second-order valence-corrected chi connectivity index (χ2v) is 4.13. The lowest BCUT2D eigenvalue weighted by molar-refractivity contribution is 0.279. The van der Waals surface area contributed by atoms with Crippen LogP contribution in [0.5, 0.6) is 0 Å². The van der Waals surface area contributed by atoms with Crippen LogP contribution in [0, 0.1) is 0 Å². The molecule has 2 heterocycles. The second-order valence-electron chi connectivity index (χ2n) is 4.13. The van der Waals surface area contributed by atoms with Crippen molar-refractivity contribution in [2.24, 2.45) is 0 Å². The van der Waals surface area contributed by atoms with E-state index in [9.17, 15) is 5.11 Å². The van der Waals surface area contributed by atoms with Crippen molar-refractivity contribution in [1.82, 2.24) is 19.9 Å². The van der Waals surface area contributed by atoms with Crippen LogP contribution in [-0.4, -0.2) is 25.0 Å². The Balaban J connectivity index is 2.04. The third-order valence-electron chi connectivity index (χ3n) is 2.84. The molecular weight excluding hydrogens is 216 g/mol. The summed E-state index contributed by atoms with van der Waals surface area (Å²) in [7, 11) is 0. The second kappa shape index (κ2) is 4.18. The van der Waals surface area contributed by atoms with E-state index in [0.717, 1.165) is 24.1 Å². The lowest BCUT2D eigenvalue weighted by Gasteiger charge is -2.06. The minimum atomic E-state index is -0.00408. The van der Waals surface area contributed by atoms with Crippen molar-refractivity contribution >= 4 is 0 Å². The molecule has 1 aliphatic carbocycles. The highest BCUT2D eigenvalue weighted by Crippen LogP contribution is 2.40. The molecular formula is C12H12N4O. The predicted molar refractivity (Wildman–Crippen MR) is 61.0 cm³/mol. The highest BCUT2D eigenvalue weighted by Gasteiger charge is 2.28. The summed E-state index contributed by atoms with van der Waals surface area (Å²) in [6, 6.07) is 1.78. The van der Waals surface area contributed by atoms with Crippen LogP contribution in [0.2, 0.25) is 0 Å². The molecule has 5 heteroatoms. The highest BCUT2D eigenvalue weighted by atomic mass is 16.3. The molecule has 0 spiro atoms. The van der Waals surface area contributed by atoms with Crippen LogP contribution in [0.15, 0.2) is 24.8 Å². The van der Waals surface area contributed by atoms with Crippen LogP contribution in [0.4, 0.5) is 0 Å². The number of nitrogens with zero attached hydrogens (tertiary/aromatic N) is 4. The molecule has 0 bridgehead atoms. The Morgan fingerprint density at radius 2 is 2.18 bits per heavy atom. The fourth-order valence-corrected chi connectivity index (χ4v) is 1.80. The molecule has 5 nitrogen and oxygen atoms in total. The van der Waals surface area contributed by atoms with Gasteiger partial charge < -0.3 is 5.11 Å². The topological polar surface area (TPSA) is 71.8 Å². The standard InChI is InChI=1S/C12H12N4O/c17-6-9-5-14-12(10-3-4-13-7-15-10)16-11(9)8-1-2-8/h3-5,7-8,17H,1-2,6H2. The summed E-state index contributed by atoms with van der Waals surface area (Å²) in [5, 5.41) is 9.25. The molecule has 1 saturated carbocycles.